The number of nitrogens with zero attached hydrogens (tertiary/aromatic N) is 4. The normalized spacial score (nSPS) is 10.8. The largest absolute Gasteiger partial charge is 0.506 e. The lowest BCUT2D eigenvalue weighted by Gasteiger charge is -1.89. The summed E-state index contributed by atoms with van der Waals surface area (Å²) < 4.78 is 5.39. The van der Waals surface area contributed by atoms with Crippen molar-refractivity contribution in [1.29, 1.82) is 0 Å². The molecule has 0 unspecified atom stereocenters. The molecule has 0 aromatic carbocycles. The number of hydrogen-bond acceptors (Lipinski definition) is 6. The predicted molar refractivity (Wildman–Crippen MR) is 54.5 cm³/mol. The number of aromatic nitrogens is 4. The van der Waals surface area contributed by atoms with Crippen molar-refractivity contribution in [2.24, 2.45) is 0 Å². The third kappa shape index (κ3) is 1.36. The molecule has 0 bridgehead atoms. The van der Waals surface area contributed by atoms with Crippen molar-refractivity contribution < 1.29 is 9.52 Å². The van der Waals surface area contributed by atoms with Crippen LogP contribution in [0.2, 0.25) is 0 Å². The standard InChI is InChI=1S/C10H6N4O2/c15-6-3-8-9(12-4-6)16-10(14-8)7-1-2-11-5-13-7/h1-5,15H. The molecule has 6 nitrogen and oxygen atoms in total. The fourth-order valence-electron chi connectivity index (χ4n) is 1.34. The maximum absolute atomic E-state index is 9.24. The molecule has 3 aromatic heterocycles. The van der Waals surface area contributed by atoms with E-state index in [9.17, 15) is 5.11 Å². The van der Waals surface area contributed by atoms with E-state index >= 15 is 0 Å². The van der Waals surface area contributed by atoms with Crippen LogP contribution >= 0.6 is 0 Å². The highest BCUT2D eigenvalue weighted by atomic mass is 16.4. The Hall–Kier alpha value is -2.50. The average Bonchev–Trinajstić information content (AvgIpc) is 2.73. The summed E-state index contributed by atoms with van der Waals surface area (Å²) in [6, 6.07) is 3.17. The van der Waals surface area contributed by atoms with Crippen molar-refractivity contribution in [3.63, 3.8) is 0 Å². The summed E-state index contributed by atoms with van der Waals surface area (Å²) in [5, 5.41) is 9.24. The topological polar surface area (TPSA) is 84.9 Å². The van der Waals surface area contributed by atoms with E-state index in [0.29, 0.717) is 22.8 Å². The Kier molecular flexibility index (Phi) is 1.79. The molecule has 0 aliphatic heterocycles. The van der Waals surface area contributed by atoms with E-state index in [1.807, 2.05) is 0 Å². The molecule has 0 fully saturated rings. The van der Waals surface area contributed by atoms with Gasteiger partial charge in [0.05, 0.1) is 6.20 Å². The Morgan fingerprint density at radius 3 is 3.00 bits per heavy atom. The van der Waals surface area contributed by atoms with Gasteiger partial charge in [0.1, 0.15) is 23.3 Å². The van der Waals surface area contributed by atoms with Crippen molar-refractivity contribution in [2.45, 2.75) is 0 Å². The Bertz CT molecular complexity index is 636. The number of pyridine rings is 1. The third-order valence-corrected chi connectivity index (χ3v) is 2.03. The van der Waals surface area contributed by atoms with Gasteiger partial charge in [-0.1, -0.05) is 0 Å². The van der Waals surface area contributed by atoms with Gasteiger partial charge in [-0.15, -0.1) is 0 Å². The van der Waals surface area contributed by atoms with E-state index in [4.69, 9.17) is 4.42 Å². The van der Waals surface area contributed by atoms with Crippen molar-refractivity contribution in [1.82, 2.24) is 19.9 Å². The van der Waals surface area contributed by atoms with Gasteiger partial charge in [-0.3, -0.25) is 0 Å². The summed E-state index contributed by atoms with van der Waals surface area (Å²) in [4.78, 5) is 15.9. The third-order valence-electron chi connectivity index (χ3n) is 2.03. The van der Waals surface area contributed by atoms with Crippen LogP contribution in [0, 0.1) is 0 Å². The Morgan fingerprint density at radius 2 is 2.19 bits per heavy atom. The zero-order valence-corrected chi connectivity index (χ0v) is 8.03. The molecule has 3 heterocycles. The monoisotopic (exact) mass is 214 g/mol. The number of aromatic hydroxyl groups is 1. The van der Waals surface area contributed by atoms with Gasteiger partial charge in [-0.25, -0.2) is 19.9 Å². The van der Waals surface area contributed by atoms with E-state index in [0.717, 1.165) is 0 Å². The molecule has 0 aliphatic carbocycles. The van der Waals surface area contributed by atoms with Gasteiger partial charge in [0.15, 0.2) is 0 Å². The Balaban J connectivity index is 2.19. The quantitative estimate of drug-likeness (QED) is 0.658. The van der Waals surface area contributed by atoms with Crippen molar-refractivity contribution >= 4 is 11.2 Å². The molecule has 0 spiro atoms. The molecule has 0 atom stereocenters. The SMILES string of the molecule is Oc1cnc2oc(-c3ccncn3)nc2c1. The smallest absolute Gasteiger partial charge is 0.248 e. The van der Waals surface area contributed by atoms with Gasteiger partial charge in [0.25, 0.3) is 0 Å². The van der Waals surface area contributed by atoms with Crippen LogP contribution < -0.4 is 0 Å². The molecule has 3 rings (SSSR count). The zero-order chi connectivity index (χ0) is 11.0. The molecular weight excluding hydrogens is 208 g/mol. The zero-order valence-electron chi connectivity index (χ0n) is 8.03. The van der Waals surface area contributed by atoms with Crippen LogP contribution in [0.3, 0.4) is 0 Å². The van der Waals surface area contributed by atoms with Gasteiger partial charge in [-0.2, -0.15) is 0 Å². The number of rotatable bonds is 1. The first-order chi connectivity index (χ1) is 7.83. The molecule has 0 aliphatic rings. The fourth-order valence-corrected chi connectivity index (χ4v) is 1.34. The molecule has 3 aromatic rings. The minimum atomic E-state index is 0.0510. The van der Waals surface area contributed by atoms with Crippen LogP contribution in [0.5, 0.6) is 5.75 Å². The second kappa shape index (κ2) is 3.27. The van der Waals surface area contributed by atoms with E-state index in [1.54, 1.807) is 12.3 Å². The maximum atomic E-state index is 9.24. The lowest BCUT2D eigenvalue weighted by atomic mass is 10.4. The summed E-state index contributed by atoms with van der Waals surface area (Å²) in [6.45, 7) is 0. The minimum Gasteiger partial charge on any atom is -0.506 e. The summed E-state index contributed by atoms with van der Waals surface area (Å²) in [5.41, 5.74) is 1.44. The van der Waals surface area contributed by atoms with Gasteiger partial charge < -0.3 is 9.52 Å². The van der Waals surface area contributed by atoms with Crippen LogP contribution in [0.15, 0.2) is 35.3 Å². The second-order valence-corrected chi connectivity index (χ2v) is 3.13. The first-order valence-corrected chi connectivity index (χ1v) is 4.55. The number of fused-ring (bicyclic) bond motifs is 1. The maximum Gasteiger partial charge on any atom is 0.248 e. The highest BCUT2D eigenvalue weighted by Gasteiger charge is 2.10. The van der Waals surface area contributed by atoms with Crippen molar-refractivity contribution in [3.05, 3.63) is 30.9 Å². The molecule has 16 heavy (non-hydrogen) atoms. The molecule has 6 heteroatoms. The van der Waals surface area contributed by atoms with Gasteiger partial charge in [0.2, 0.25) is 11.6 Å². The Morgan fingerprint density at radius 1 is 1.25 bits per heavy atom. The fraction of sp³-hybridized carbons (Fsp3) is 0. The summed E-state index contributed by atoms with van der Waals surface area (Å²) in [6.07, 6.45) is 4.31. The van der Waals surface area contributed by atoms with Gasteiger partial charge in [0, 0.05) is 12.3 Å². The van der Waals surface area contributed by atoms with E-state index in [2.05, 4.69) is 19.9 Å². The molecule has 0 saturated heterocycles. The van der Waals surface area contributed by atoms with E-state index < -0.39 is 0 Å². The minimum absolute atomic E-state index is 0.0510. The lowest BCUT2D eigenvalue weighted by molar-refractivity contribution is 0.473. The molecule has 0 amide bonds. The molecule has 1 N–H and O–H groups in total. The van der Waals surface area contributed by atoms with Crippen LogP contribution in [0.4, 0.5) is 0 Å². The average molecular weight is 214 g/mol. The van der Waals surface area contributed by atoms with E-state index in [-0.39, 0.29) is 5.75 Å². The first kappa shape index (κ1) is 8.78. The van der Waals surface area contributed by atoms with E-state index in [1.165, 1.54) is 18.6 Å². The lowest BCUT2D eigenvalue weighted by Crippen LogP contribution is -1.82. The Labute approximate surface area is 89.6 Å². The highest BCUT2D eigenvalue weighted by molar-refractivity contribution is 5.72. The number of oxazole rings is 1. The predicted octanol–water partition coefficient (Wildman–Crippen LogP) is 1.39. The highest BCUT2D eigenvalue weighted by Crippen LogP contribution is 2.22. The summed E-state index contributed by atoms with van der Waals surface area (Å²) in [7, 11) is 0. The van der Waals surface area contributed by atoms with Crippen molar-refractivity contribution in [2.75, 3.05) is 0 Å². The van der Waals surface area contributed by atoms with Crippen LogP contribution in [-0.4, -0.2) is 25.0 Å². The second-order valence-electron chi connectivity index (χ2n) is 3.13. The van der Waals surface area contributed by atoms with Crippen LogP contribution in [0.1, 0.15) is 0 Å². The van der Waals surface area contributed by atoms with Gasteiger partial charge in [-0.05, 0) is 6.07 Å². The molecule has 78 valence electrons. The molecular formula is C10H6N4O2. The summed E-state index contributed by atoms with van der Waals surface area (Å²) >= 11 is 0. The summed E-state index contributed by atoms with van der Waals surface area (Å²) in [5.74, 6) is 0.408. The first-order valence-electron chi connectivity index (χ1n) is 4.55. The molecule has 0 radical (unpaired) electrons. The molecule has 0 saturated carbocycles. The van der Waals surface area contributed by atoms with Crippen molar-refractivity contribution in [3.8, 4) is 17.3 Å². The van der Waals surface area contributed by atoms with Crippen LogP contribution in [-0.2, 0) is 0 Å². The number of hydrogen-bond donors (Lipinski definition) is 1. The van der Waals surface area contributed by atoms with Crippen LogP contribution in [0.25, 0.3) is 22.8 Å². The van der Waals surface area contributed by atoms with Gasteiger partial charge >= 0.3 is 0 Å².